The van der Waals surface area contributed by atoms with E-state index in [9.17, 15) is 10.0 Å². The lowest BCUT2D eigenvalue weighted by atomic mass is 10.2. The molecule has 72 valence electrons. The van der Waals surface area contributed by atoms with E-state index in [1.165, 1.54) is 11.3 Å². The summed E-state index contributed by atoms with van der Waals surface area (Å²) < 4.78 is 4.42. The molecule has 1 N–H and O–H groups in total. The minimum Gasteiger partial charge on any atom is -0.316 e. The van der Waals surface area contributed by atoms with Crippen molar-refractivity contribution in [3.05, 3.63) is 33.8 Å². The molecule has 0 aliphatic heterocycles. The molecule has 0 aromatic carbocycles. The van der Waals surface area contributed by atoms with E-state index < -0.39 is 0 Å². The zero-order chi connectivity index (χ0) is 10.1. The third-order valence-electron chi connectivity index (χ3n) is 1.75. The van der Waals surface area contributed by atoms with Gasteiger partial charge in [-0.15, -0.1) is 11.3 Å². The summed E-state index contributed by atoms with van der Waals surface area (Å²) >= 11 is 1.30. The molecule has 0 spiro atoms. The first kappa shape index (κ1) is 8.89. The summed E-state index contributed by atoms with van der Waals surface area (Å²) in [4.78, 5) is 12.7. The van der Waals surface area contributed by atoms with Crippen molar-refractivity contribution in [3.8, 4) is 0 Å². The molecule has 0 saturated heterocycles. The van der Waals surface area contributed by atoms with Crippen LogP contribution in [0.4, 0.5) is 0 Å². The Hall–Kier alpha value is -1.69. The van der Waals surface area contributed by atoms with Gasteiger partial charge < -0.3 is 5.21 Å². The number of rotatable bonds is 2. The molecule has 0 unspecified atom stereocenters. The number of hydrogen-bond acceptors (Lipinski definition) is 5. The lowest BCUT2D eigenvalue weighted by molar-refractivity contribution is -1.04. The Balaban J connectivity index is 2.46. The van der Waals surface area contributed by atoms with Crippen LogP contribution in [0.15, 0.2) is 22.1 Å². The predicted octanol–water partition coefficient (Wildman–Crippen LogP) is 0.800. The van der Waals surface area contributed by atoms with Gasteiger partial charge >= 0.3 is 5.69 Å². The summed E-state index contributed by atoms with van der Waals surface area (Å²) in [6.07, 6.45) is 0. The standard InChI is InChI=1S/C8H7N2O3S/c1-5-7(10(12)13-9-5)8(11)6-3-2-4-14-6/h2-4,12H,1H3/q+1. The molecule has 0 aliphatic carbocycles. The van der Waals surface area contributed by atoms with Crippen molar-refractivity contribution in [2.24, 2.45) is 0 Å². The number of aryl methyl sites for hydroxylation is 1. The zero-order valence-electron chi connectivity index (χ0n) is 7.30. The summed E-state index contributed by atoms with van der Waals surface area (Å²) in [5, 5.41) is 14.4. The van der Waals surface area contributed by atoms with Gasteiger partial charge in [0.15, 0.2) is 5.16 Å². The van der Waals surface area contributed by atoms with Crippen molar-refractivity contribution >= 4 is 17.1 Å². The van der Waals surface area contributed by atoms with E-state index in [1.807, 2.05) is 0 Å². The van der Waals surface area contributed by atoms with Crippen LogP contribution >= 0.6 is 11.3 Å². The van der Waals surface area contributed by atoms with E-state index in [-0.39, 0.29) is 11.5 Å². The SMILES string of the molecule is Cc1no[n+](O)c1C(=O)c1cccs1. The number of nitrogens with zero attached hydrogens (tertiary/aromatic N) is 2. The number of ketones is 1. The lowest BCUT2D eigenvalue weighted by Gasteiger charge is -1.88. The molecule has 0 fully saturated rings. The second-order valence-corrected chi connectivity index (χ2v) is 3.63. The maximum atomic E-state index is 11.7. The largest absolute Gasteiger partial charge is 0.316 e. The van der Waals surface area contributed by atoms with Crippen molar-refractivity contribution < 1.29 is 19.5 Å². The minimum atomic E-state index is -0.291. The van der Waals surface area contributed by atoms with E-state index >= 15 is 0 Å². The van der Waals surface area contributed by atoms with Gasteiger partial charge in [-0.3, -0.25) is 4.79 Å². The Morgan fingerprint density at radius 2 is 2.50 bits per heavy atom. The number of hydrogen-bond donors (Lipinski definition) is 1. The Morgan fingerprint density at radius 3 is 3.00 bits per heavy atom. The number of carbonyl (C=O) groups excluding carboxylic acids is 1. The minimum absolute atomic E-state index is 0.0625. The van der Waals surface area contributed by atoms with Gasteiger partial charge in [-0.1, -0.05) is 6.07 Å². The first-order valence-corrected chi connectivity index (χ1v) is 4.74. The highest BCUT2D eigenvalue weighted by atomic mass is 32.1. The Bertz CT molecular complexity index is 441. The van der Waals surface area contributed by atoms with E-state index in [1.54, 1.807) is 24.4 Å². The third-order valence-corrected chi connectivity index (χ3v) is 2.62. The molecule has 0 bridgehead atoms. The van der Waals surface area contributed by atoms with Crippen LogP contribution in [0.3, 0.4) is 0 Å². The molecule has 0 amide bonds. The van der Waals surface area contributed by atoms with Crippen LogP contribution in [0.1, 0.15) is 21.1 Å². The molecule has 2 heterocycles. The monoisotopic (exact) mass is 211 g/mol. The maximum Gasteiger partial charge on any atom is 0.316 e. The van der Waals surface area contributed by atoms with Crippen molar-refractivity contribution in [2.45, 2.75) is 6.92 Å². The van der Waals surface area contributed by atoms with Crippen LogP contribution in [0, 0.1) is 6.92 Å². The van der Waals surface area contributed by atoms with Crippen LogP contribution in [0.2, 0.25) is 0 Å². The van der Waals surface area contributed by atoms with Gasteiger partial charge in [-0.2, -0.15) is 0 Å². The molecule has 2 aromatic heterocycles. The second kappa shape index (κ2) is 3.22. The van der Waals surface area contributed by atoms with Crippen molar-refractivity contribution in [1.82, 2.24) is 5.16 Å². The van der Waals surface area contributed by atoms with Crippen molar-refractivity contribution in [1.29, 1.82) is 0 Å². The highest BCUT2D eigenvalue weighted by Gasteiger charge is 2.29. The van der Waals surface area contributed by atoms with Gasteiger partial charge in [-0.05, 0) is 16.1 Å². The fraction of sp³-hybridized carbons (Fsp3) is 0.125. The van der Waals surface area contributed by atoms with Crippen LogP contribution < -0.4 is 4.90 Å². The van der Waals surface area contributed by atoms with Gasteiger partial charge in [0.25, 0.3) is 11.5 Å². The Kier molecular flexibility index (Phi) is 2.05. The van der Waals surface area contributed by atoms with Crippen LogP contribution in [0.5, 0.6) is 0 Å². The van der Waals surface area contributed by atoms with E-state index in [0.29, 0.717) is 15.5 Å². The molecule has 0 aliphatic rings. The van der Waals surface area contributed by atoms with Gasteiger partial charge in [0.2, 0.25) is 0 Å². The first-order valence-electron chi connectivity index (χ1n) is 3.86. The number of carbonyl (C=O) groups is 1. The van der Waals surface area contributed by atoms with Crippen molar-refractivity contribution in [3.63, 3.8) is 0 Å². The predicted molar refractivity (Wildman–Crippen MR) is 46.4 cm³/mol. The fourth-order valence-electron chi connectivity index (χ4n) is 1.10. The highest BCUT2D eigenvalue weighted by molar-refractivity contribution is 7.12. The maximum absolute atomic E-state index is 11.7. The lowest BCUT2D eigenvalue weighted by Crippen LogP contribution is -2.35. The summed E-state index contributed by atoms with van der Waals surface area (Å²) in [6.45, 7) is 1.59. The topological polar surface area (TPSA) is 67.2 Å². The molecule has 0 atom stereocenters. The number of aromatic nitrogens is 2. The van der Waals surface area contributed by atoms with Crippen LogP contribution in [-0.4, -0.2) is 16.1 Å². The smallest absolute Gasteiger partial charge is 0.316 e. The summed E-state index contributed by atoms with van der Waals surface area (Å²) in [5.41, 5.74) is 0.429. The molecule has 2 rings (SSSR count). The van der Waals surface area contributed by atoms with Crippen LogP contribution in [0.25, 0.3) is 0 Å². The van der Waals surface area contributed by atoms with E-state index in [4.69, 9.17) is 0 Å². The van der Waals surface area contributed by atoms with Crippen LogP contribution in [-0.2, 0) is 0 Å². The number of thiophene rings is 1. The molecule has 2 aromatic rings. The fourth-order valence-corrected chi connectivity index (χ4v) is 1.76. The molecule has 0 saturated carbocycles. The van der Waals surface area contributed by atoms with Gasteiger partial charge in [0.05, 0.1) is 4.88 Å². The molecule has 14 heavy (non-hydrogen) atoms. The molecule has 0 radical (unpaired) electrons. The Labute approximate surface area is 83.1 Å². The molecular weight excluding hydrogens is 204 g/mol. The van der Waals surface area contributed by atoms with E-state index in [0.717, 1.165) is 0 Å². The molecular formula is C8H7N2O3S+. The summed E-state index contributed by atoms with van der Waals surface area (Å²) in [7, 11) is 0. The van der Waals surface area contributed by atoms with Gasteiger partial charge in [-0.25, -0.2) is 0 Å². The Morgan fingerprint density at radius 1 is 1.71 bits per heavy atom. The first-order chi connectivity index (χ1) is 6.70. The quantitative estimate of drug-likeness (QED) is 0.589. The molecule has 5 nitrogen and oxygen atoms in total. The van der Waals surface area contributed by atoms with Crippen molar-refractivity contribution in [2.75, 3.05) is 0 Å². The highest BCUT2D eigenvalue weighted by Crippen LogP contribution is 2.14. The summed E-state index contributed by atoms with van der Waals surface area (Å²) in [6, 6.07) is 3.45. The molecule has 6 heteroatoms. The second-order valence-electron chi connectivity index (χ2n) is 2.69. The normalized spacial score (nSPS) is 10.4. The summed E-state index contributed by atoms with van der Waals surface area (Å²) in [5.74, 6) is -0.291. The third kappa shape index (κ3) is 1.29. The zero-order valence-corrected chi connectivity index (χ0v) is 8.11. The average molecular weight is 211 g/mol. The van der Waals surface area contributed by atoms with Gasteiger partial charge in [0, 0.05) is 6.92 Å². The van der Waals surface area contributed by atoms with E-state index in [2.05, 4.69) is 9.79 Å². The van der Waals surface area contributed by atoms with Gasteiger partial charge in [0.1, 0.15) is 4.90 Å². The average Bonchev–Trinajstić information content (AvgIpc) is 2.75.